The van der Waals surface area contributed by atoms with E-state index in [1.165, 1.54) is 13.2 Å². The zero-order chi connectivity index (χ0) is 20.1. The summed E-state index contributed by atoms with van der Waals surface area (Å²) in [5.41, 5.74) is 2.31. The Morgan fingerprint density at radius 3 is 2.46 bits per heavy atom. The molecule has 0 radical (unpaired) electrons. The topological polar surface area (TPSA) is 61.9 Å². The van der Waals surface area contributed by atoms with Crippen molar-refractivity contribution in [2.75, 3.05) is 50.1 Å². The monoisotopic (exact) mass is 401 g/mol. The highest BCUT2D eigenvalue weighted by Crippen LogP contribution is 2.30. The van der Waals surface area contributed by atoms with Gasteiger partial charge in [0.2, 0.25) is 0 Å². The molecule has 1 amide bonds. The van der Waals surface area contributed by atoms with Gasteiger partial charge in [0.05, 0.1) is 24.0 Å². The maximum Gasteiger partial charge on any atom is 0.337 e. The maximum atomic E-state index is 12.8. The average Bonchev–Trinajstić information content (AvgIpc) is 2.73. The maximum absolute atomic E-state index is 12.8. The number of hydrogen-bond donors (Lipinski definition) is 1. The normalized spacial score (nSPS) is 14.6. The van der Waals surface area contributed by atoms with Crippen LogP contribution in [0.4, 0.5) is 11.4 Å². The molecule has 7 heteroatoms. The van der Waals surface area contributed by atoms with E-state index in [4.69, 9.17) is 16.3 Å². The zero-order valence-corrected chi connectivity index (χ0v) is 16.8. The van der Waals surface area contributed by atoms with Gasteiger partial charge in [-0.05, 0) is 42.9 Å². The van der Waals surface area contributed by atoms with Gasteiger partial charge in [-0.1, -0.05) is 24.6 Å². The fourth-order valence-corrected chi connectivity index (χ4v) is 3.46. The number of nitrogens with one attached hydrogen (secondary N) is 1. The highest BCUT2D eigenvalue weighted by Gasteiger charge is 2.20. The van der Waals surface area contributed by atoms with Crippen molar-refractivity contribution in [3.63, 3.8) is 0 Å². The van der Waals surface area contributed by atoms with E-state index in [2.05, 4.69) is 22.0 Å². The fraction of sp³-hybridized carbons (Fsp3) is 0.333. The number of likely N-dealkylation sites (N-methyl/N-ethyl adjacent to an activating group) is 1. The Hall–Kier alpha value is -2.57. The van der Waals surface area contributed by atoms with E-state index in [1.807, 2.05) is 12.1 Å². The summed E-state index contributed by atoms with van der Waals surface area (Å²) < 4.78 is 4.72. The average molecular weight is 402 g/mol. The molecule has 0 bridgehead atoms. The molecular formula is C21H24ClN3O3. The SMILES string of the molecule is CCN1CCN(c2ccc(Cl)cc2NC(=O)c2cccc(C(=O)OC)c2)CC1. The fourth-order valence-electron chi connectivity index (χ4n) is 3.29. The van der Waals surface area contributed by atoms with Gasteiger partial charge in [0.25, 0.3) is 5.91 Å². The van der Waals surface area contributed by atoms with Crippen molar-refractivity contribution >= 4 is 34.9 Å². The minimum absolute atomic E-state index is 0.304. The molecule has 0 aromatic heterocycles. The van der Waals surface area contributed by atoms with Crippen LogP contribution in [0.3, 0.4) is 0 Å². The largest absolute Gasteiger partial charge is 0.465 e. The zero-order valence-electron chi connectivity index (χ0n) is 16.1. The lowest BCUT2D eigenvalue weighted by Crippen LogP contribution is -2.46. The standard InChI is InChI=1S/C21H24ClN3O3/c1-3-24-9-11-25(12-10-24)19-8-7-17(22)14-18(19)23-20(26)15-5-4-6-16(13-15)21(27)28-2/h4-8,13-14H,3,9-12H2,1-2H3,(H,23,26). The van der Waals surface area contributed by atoms with Crippen molar-refractivity contribution in [2.24, 2.45) is 0 Å². The molecule has 1 heterocycles. The molecule has 3 rings (SSSR count). The summed E-state index contributed by atoms with van der Waals surface area (Å²) in [4.78, 5) is 29.2. The van der Waals surface area contributed by atoms with E-state index in [9.17, 15) is 9.59 Å². The number of carbonyl (C=O) groups excluding carboxylic acids is 2. The molecule has 2 aromatic carbocycles. The summed E-state index contributed by atoms with van der Waals surface area (Å²) in [6.45, 7) is 6.92. The molecule has 1 N–H and O–H groups in total. The van der Waals surface area contributed by atoms with Crippen LogP contribution in [0.2, 0.25) is 5.02 Å². The molecule has 0 spiro atoms. The van der Waals surface area contributed by atoms with Crippen molar-refractivity contribution < 1.29 is 14.3 Å². The van der Waals surface area contributed by atoms with Gasteiger partial charge in [-0.2, -0.15) is 0 Å². The highest BCUT2D eigenvalue weighted by molar-refractivity contribution is 6.31. The van der Waals surface area contributed by atoms with Gasteiger partial charge in [0, 0.05) is 36.8 Å². The Labute approximate surface area is 170 Å². The van der Waals surface area contributed by atoms with E-state index in [1.54, 1.807) is 24.3 Å². The summed E-state index contributed by atoms with van der Waals surface area (Å²) in [5.74, 6) is -0.784. The second kappa shape index (κ2) is 9.08. The molecule has 1 saturated heterocycles. The van der Waals surface area contributed by atoms with Crippen LogP contribution >= 0.6 is 11.6 Å². The van der Waals surface area contributed by atoms with E-state index in [0.717, 1.165) is 38.4 Å². The molecule has 0 atom stereocenters. The van der Waals surface area contributed by atoms with Crippen LogP contribution in [-0.2, 0) is 4.74 Å². The second-order valence-electron chi connectivity index (χ2n) is 6.61. The van der Waals surface area contributed by atoms with E-state index >= 15 is 0 Å². The molecule has 28 heavy (non-hydrogen) atoms. The second-order valence-corrected chi connectivity index (χ2v) is 7.05. The number of hydrogen-bond acceptors (Lipinski definition) is 5. The Bertz CT molecular complexity index is 864. The third kappa shape index (κ3) is 4.64. The number of anilines is 2. The van der Waals surface area contributed by atoms with Crippen LogP contribution in [0, 0.1) is 0 Å². The number of rotatable bonds is 5. The number of amides is 1. The summed E-state index contributed by atoms with van der Waals surface area (Å²) in [6, 6.07) is 12.0. The third-order valence-electron chi connectivity index (χ3n) is 4.91. The van der Waals surface area contributed by atoms with Crippen molar-refractivity contribution in [2.45, 2.75) is 6.92 Å². The summed E-state index contributed by atoms with van der Waals surface area (Å²) in [6.07, 6.45) is 0. The van der Waals surface area contributed by atoms with E-state index in [0.29, 0.717) is 21.8 Å². The molecule has 1 aliphatic rings. The van der Waals surface area contributed by atoms with Crippen LogP contribution in [0.5, 0.6) is 0 Å². The van der Waals surface area contributed by atoms with Gasteiger partial charge < -0.3 is 19.9 Å². The molecule has 1 fully saturated rings. The lowest BCUT2D eigenvalue weighted by Gasteiger charge is -2.36. The van der Waals surface area contributed by atoms with Crippen LogP contribution in [0.1, 0.15) is 27.6 Å². The van der Waals surface area contributed by atoms with Gasteiger partial charge in [-0.15, -0.1) is 0 Å². The first-order chi connectivity index (χ1) is 13.5. The number of esters is 1. The lowest BCUT2D eigenvalue weighted by molar-refractivity contribution is 0.0600. The number of benzene rings is 2. The number of halogens is 1. The molecule has 0 aliphatic carbocycles. The summed E-state index contributed by atoms with van der Waals surface area (Å²) in [5, 5.41) is 3.49. The van der Waals surface area contributed by atoms with Gasteiger partial charge in [0.15, 0.2) is 0 Å². The van der Waals surface area contributed by atoms with Crippen LogP contribution in [0.15, 0.2) is 42.5 Å². The number of methoxy groups -OCH3 is 1. The minimum atomic E-state index is -0.480. The Morgan fingerprint density at radius 2 is 1.79 bits per heavy atom. The molecule has 2 aromatic rings. The quantitative estimate of drug-likeness (QED) is 0.777. The third-order valence-corrected chi connectivity index (χ3v) is 5.15. The molecule has 0 saturated carbocycles. The Balaban J connectivity index is 1.81. The number of carbonyl (C=O) groups is 2. The Morgan fingerprint density at radius 1 is 1.07 bits per heavy atom. The van der Waals surface area contributed by atoms with Crippen LogP contribution < -0.4 is 10.2 Å². The van der Waals surface area contributed by atoms with E-state index in [-0.39, 0.29) is 5.91 Å². The van der Waals surface area contributed by atoms with Gasteiger partial charge in [-0.3, -0.25) is 4.79 Å². The molecule has 6 nitrogen and oxygen atoms in total. The van der Waals surface area contributed by atoms with Crippen molar-refractivity contribution in [1.29, 1.82) is 0 Å². The first kappa shape index (κ1) is 20.2. The van der Waals surface area contributed by atoms with Gasteiger partial charge >= 0.3 is 5.97 Å². The predicted molar refractivity (Wildman–Crippen MR) is 112 cm³/mol. The van der Waals surface area contributed by atoms with Crippen LogP contribution in [0.25, 0.3) is 0 Å². The molecule has 1 aliphatic heterocycles. The first-order valence-corrected chi connectivity index (χ1v) is 9.66. The first-order valence-electron chi connectivity index (χ1n) is 9.28. The van der Waals surface area contributed by atoms with Gasteiger partial charge in [-0.25, -0.2) is 4.79 Å². The minimum Gasteiger partial charge on any atom is -0.465 e. The highest BCUT2D eigenvalue weighted by atomic mass is 35.5. The molecular weight excluding hydrogens is 378 g/mol. The molecule has 0 unspecified atom stereocenters. The number of nitrogens with zero attached hydrogens (tertiary/aromatic N) is 2. The molecule has 148 valence electrons. The smallest absolute Gasteiger partial charge is 0.337 e. The van der Waals surface area contributed by atoms with Crippen molar-refractivity contribution in [3.05, 3.63) is 58.6 Å². The summed E-state index contributed by atoms with van der Waals surface area (Å²) in [7, 11) is 1.31. The summed E-state index contributed by atoms with van der Waals surface area (Å²) >= 11 is 6.18. The lowest BCUT2D eigenvalue weighted by atomic mass is 10.1. The van der Waals surface area contributed by atoms with Gasteiger partial charge in [0.1, 0.15) is 0 Å². The van der Waals surface area contributed by atoms with Crippen LogP contribution in [-0.4, -0.2) is 56.6 Å². The predicted octanol–water partition coefficient (Wildman–Crippen LogP) is 3.52. The van der Waals surface area contributed by atoms with Crippen molar-refractivity contribution in [3.8, 4) is 0 Å². The number of ether oxygens (including phenoxy) is 1. The van der Waals surface area contributed by atoms with E-state index < -0.39 is 5.97 Å². The number of piperazine rings is 1. The van der Waals surface area contributed by atoms with Crippen molar-refractivity contribution in [1.82, 2.24) is 4.90 Å². The Kier molecular flexibility index (Phi) is 6.54.